The van der Waals surface area contributed by atoms with Gasteiger partial charge in [0.25, 0.3) is 0 Å². The second-order valence-corrected chi connectivity index (χ2v) is 6.34. The predicted octanol–water partition coefficient (Wildman–Crippen LogP) is 2.77. The van der Waals surface area contributed by atoms with E-state index in [1.807, 2.05) is 50.3 Å². The number of amides is 2. The topological polar surface area (TPSA) is 55.8 Å². The minimum absolute atomic E-state index is 0.0648. The molecule has 22 heavy (non-hydrogen) atoms. The highest BCUT2D eigenvalue weighted by molar-refractivity contribution is 5.89. The molecule has 1 fully saturated rings. The molecule has 0 aromatic heterocycles. The molecule has 0 saturated heterocycles. The van der Waals surface area contributed by atoms with E-state index < -0.39 is 0 Å². The molecule has 0 aliphatic heterocycles. The molecule has 0 unspecified atom stereocenters. The molecule has 1 aliphatic rings. The third kappa shape index (κ3) is 4.13. The summed E-state index contributed by atoms with van der Waals surface area (Å²) in [5.74, 6) is 0.409. The lowest BCUT2D eigenvalue weighted by molar-refractivity contribution is 0.139. The summed E-state index contributed by atoms with van der Waals surface area (Å²) in [6.07, 6.45) is 3.93. The number of aliphatic hydroxyl groups excluding tert-OH is 1. The minimum atomic E-state index is -0.0648. The number of hydrogen-bond donors (Lipinski definition) is 2. The van der Waals surface area contributed by atoms with Crippen molar-refractivity contribution >= 4 is 17.4 Å². The van der Waals surface area contributed by atoms with Crippen LogP contribution in [-0.4, -0.2) is 49.8 Å². The number of carbonyl (C=O) groups is 1. The van der Waals surface area contributed by atoms with Gasteiger partial charge in [-0.1, -0.05) is 0 Å². The smallest absolute Gasteiger partial charge is 0.321 e. The first kappa shape index (κ1) is 16.6. The highest BCUT2D eigenvalue weighted by Crippen LogP contribution is 2.27. The van der Waals surface area contributed by atoms with Gasteiger partial charge in [0.05, 0.1) is 0 Å². The second-order valence-electron chi connectivity index (χ2n) is 6.34. The van der Waals surface area contributed by atoms with Gasteiger partial charge in [-0.3, -0.25) is 0 Å². The molecular formula is C17H27N3O2. The first-order valence-corrected chi connectivity index (χ1v) is 7.93. The summed E-state index contributed by atoms with van der Waals surface area (Å²) in [6.45, 7) is 0.265. The quantitative estimate of drug-likeness (QED) is 0.899. The zero-order chi connectivity index (χ0) is 16.1. The Morgan fingerprint density at radius 1 is 1.14 bits per heavy atom. The van der Waals surface area contributed by atoms with Crippen molar-refractivity contribution < 1.29 is 9.90 Å². The van der Waals surface area contributed by atoms with Crippen LogP contribution in [0.15, 0.2) is 24.3 Å². The normalized spacial score (nSPS) is 21.3. The van der Waals surface area contributed by atoms with E-state index in [2.05, 4.69) is 5.32 Å². The molecule has 0 bridgehead atoms. The number of urea groups is 1. The molecule has 0 atom stereocenters. The van der Waals surface area contributed by atoms with Gasteiger partial charge in [-0.2, -0.15) is 0 Å². The number of nitrogens with one attached hydrogen (secondary N) is 1. The van der Waals surface area contributed by atoms with Crippen molar-refractivity contribution in [3.8, 4) is 0 Å². The first-order valence-electron chi connectivity index (χ1n) is 7.93. The molecule has 0 radical (unpaired) electrons. The second kappa shape index (κ2) is 7.49. The van der Waals surface area contributed by atoms with Crippen LogP contribution in [0.1, 0.15) is 25.7 Å². The molecule has 0 heterocycles. The number of hydrogen-bond acceptors (Lipinski definition) is 3. The van der Waals surface area contributed by atoms with Crippen LogP contribution >= 0.6 is 0 Å². The molecule has 2 N–H and O–H groups in total. The van der Waals surface area contributed by atoms with Crippen LogP contribution in [0.2, 0.25) is 0 Å². The lowest BCUT2D eigenvalue weighted by atomic mass is 9.86. The van der Waals surface area contributed by atoms with Crippen molar-refractivity contribution in [3.05, 3.63) is 24.3 Å². The Morgan fingerprint density at radius 3 is 2.23 bits per heavy atom. The van der Waals surface area contributed by atoms with Crippen LogP contribution in [0, 0.1) is 5.92 Å². The van der Waals surface area contributed by atoms with Crippen molar-refractivity contribution in [1.82, 2.24) is 4.90 Å². The Hall–Kier alpha value is -1.75. The van der Waals surface area contributed by atoms with Gasteiger partial charge in [-0.05, 0) is 55.9 Å². The Labute approximate surface area is 132 Å². The van der Waals surface area contributed by atoms with Crippen LogP contribution in [0.4, 0.5) is 16.2 Å². The summed E-state index contributed by atoms with van der Waals surface area (Å²) in [4.78, 5) is 16.2. The molecular weight excluding hydrogens is 278 g/mol. The largest absolute Gasteiger partial charge is 0.396 e. The van der Waals surface area contributed by atoms with Gasteiger partial charge in [0.1, 0.15) is 0 Å². The van der Waals surface area contributed by atoms with Gasteiger partial charge in [0.15, 0.2) is 0 Å². The summed E-state index contributed by atoms with van der Waals surface area (Å²) in [7, 11) is 5.83. The lowest BCUT2D eigenvalue weighted by Gasteiger charge is -2.34. The van der Waals surface area contributed by atoms with Gasteiger partial charge >= 0.3 is 6.03 Å². The zero-order valence-corrected chi connectivity index (χ0v) is 13.7. The molecule has 0 spiro atoms. The number of rotatable bonds is 4. The van der Waals surface area contributed by atoms with E-state index in [0.717, 1.165) is 37.1 Å². The fourth-order valence-corrected chi connectivity index (χ4v) is 2.94. The molecule has 2 amide bonds. The van der Waals surface area contributed by atoms with Crippen LogP contribution in [0.25, 0.3) is 0 Å². The Balaban J connectivity index is 1.88. The average Bonchev–Trinajstić information content (AvgIpc) is 2.54. The zero-order valence-electron chi connectivity index (χ0n) is 13.7. The Morgan fingerprint density at radius 2 is 1.73 bits per heavy atom. The molecule has 1 saturated carbocycles. The summed E-state index contributed by atoms with van der Waals surface area (Å²) in [6, 6.07) is 8.02. The maximum absolute atomic E-state index is 12.3. The fourth-order valence-electron chi connectivity index (χ4n) is 2.94. The van der Waals surface area contributed by atoms with E-state index >= 15 is 0 Å². The predicted molar refractivity (Wildman–Crippen MR) is 90.4 cm³/mol. The third-order valence-electron chi connectivity index (χ3n) is 4.58. The summed E-state index contributed by atoms with van der Waals surface area (Å²) in [5.41, 5.74) is 1.92. The molecule has 1 aromatic rings. The SMILES string of the molecule is CN(C)c1ccc(NC(=O)N(C)C2CCC(CO)CC2)cc1. The van der Waals surface area contributed by atoms with E-state index in [1.54, 1.807) is 4.90 Å². The van der Waals surface area contributed by atoms with Crippen molar-refractivity contribution in [2.45, 2.75) is 31.7 Å². The standard InChI is InChI=1S/C17H27N3O2/c1-19(2)15-10-6-14(7-11-15)18-17(22)20(3)16-8-4-13(12-21)5-9-16/h6-7,10-11,13,16,21H,4-5,8-9,12H2,1-3H3,(H,18,22). The Kier molecular flexibility index (Phi) is 5.66. The molecule has 5 heteroatoms. The van der Waals surface area contributed by atoms with E-state index in [4.69, 9.17) is 0 Å². The minimum Gasteiger partial charge on any atom is -0.396 e. The Bertz CT molecular complexity index is 479. The van der Waals surface area contributed by atoms with E-state index in [0.29, 0.717) is 5.92 Å². The molecule has 5 nitrogen and oxygen atoms in total. The van der Waals surface area contributed by atoms with Crippen molar-refractivity contribution in [2.24, 2.45) is 5.92 Å². The molecule has 1 aromatic carbocycles. The van der Waals surface area contributed by atoms with Gasteiger partial charge in [0.2, 0.25) is 0 Å². The highest BCUT2D eigenvalue weighted by atomic mass is 16.3. The van der Waals surface area contributed by atoms with Gasteiger partial charge in [-0.25, -0.2) is 4.79 Å². The van der Waals surface area contributed by atoms with Crippen LogP contribution in [0.5, 0.6) is 0 Å². The summed E-state index contributed by atoms with van der Waals surface area (Å²) < 4.78 is 0. The molecule has 1 aliphatic carbocycles. The third-order valence-corrected chi connectivity index (χ3v) is 4.58. The van der Waals surface area contributed by atoms with E-state index in [-0.39, 0.29) is 18.7 Å². The number of carbonyl (C=O) groups excluding carboxylic acids is 1. The van der Waals surface area contributed by atoms with Gasteiger partial charge in [-0.15, -0.1) is 0 Å². The number of aliphatic hydroxyl groups is 1. The van der Waals surface area contributed by atoms with Crippen molar-refractivity contribution in [2.75, 3.05) is 38.0 Å². The van der Waals surface area contributed by atoms with Crippen LogP contribution in [-0.2, 0) is 0 Å². The van der Waals surface area contributed by atoms with Gasteiger partial charge < -0.3 is 20.2 Å². The summed E-state index contributed by atoms with van der Waals surface area (Å²) >= 11 is 0. The van der Waals surface area contributed by atoms with E-state index in [9.17, 15) is 9.90 Å². The fraction of sp³-hybridized carbons (Fsp3) is 0.588. The average molecular weight is 305 g/mol. The van der Waals surface area contributed by atoms with Crippen molar-refractivity contribution in [1.29, 1.82) is 0 Å². The number of benzene rings is 1. The van der Waals surface area contributed by atoms with Crippen LogP contribution in [0.3, 0.4) is 0 Å². The molecule has 2 rings (SSSR count). The lowest BCUT2D eigenvalue weighted by Crippen LogP contribution is -2.42. The molecule has 122 valence electrons. The maximum atomic E-state index is 12.3. The van der Waals surface area contributed by atoms with Crippen molar-refractivity contribution in [3.63, 3.8) is 0 Å². The van der Waals surface area contributed by atoms with Crippen LogP contribution < -0.4 is 10.2 Å². The summed E-state index contributed by atoms with van der Waals surface area (Å²) in [5, 5.41) is 12.1. The monoisotopic (exact) mass is 305 g/mol. The maximum Gasteiger partial charge on any atom is 0.321 e. The number of nitrogens with zero attached hydrogens (tertiary/aromatic N) is 2. The first-order chi connectivity index (χ1) is 10.5. The number of anilines is 2. The highest BCUT2D eigenvalue weighted by Gasteiger charge is 2.26. The van der Waals surface area contributed by atoms with Gasteiger partial charge in [0, 0.05) is 45.2 Å². The van der Waals surface area contributed by atoms with E-state index in [1.165, 1.54) is 0 Å².